The monoisotopic (exact) mass is 196 g/mol. The highest BCUT2D eigenvalue weighted by Gasteiger charge is 2.20. The highest BCUT2D eigenvalue weighted by atomic mass is 16.1. The Bertz CT molecular complexity index is 223. The van der Waals surface area contributed by atoms with Gasteiger partial charge in [0.25, 0.3) is 0 Å². The standard InChI is InChI=1S/C11H20N2O/c1-8(9(2)12)11(14)13-10-6-4-3-5-7-10/h3-4,8-10H,5-7,12H2,1-2H3,(H,13,14). The van der Waals surface area contributed by atoms with E-state index >= 15 is 0 Å². The van der Waals surface area contributed by atoms with E-state index in [9.17, 15) is 4.79 Å². The van der Waals surface area contributed by atoms with E-state index in [4.69, 9.17) is 5.73 Å². The number of hydrogen-bond acceptors (Lipinski definition) is 2. The fourth-order valence-electron chi connectivity index (χ4n) is 1.50. The topological polar surface area (TPSA) is 55.1 Å². The highest BCUT2D eigenvalue weighted by molar-refractivity contribution is 5.79. The van der Waals surface area contributed by atoms with E-state index < -0.39 is 0 Å². The van der Waals surface area contributed by atoms with Crippen molar-refractivity contribution in [2.45, 2.75) is 45.2 Å². The molecule has 0 aromatic carbocycles. The summed E-state index contributed by atoms with van der Waals surface area (Å²) in [7, 11) is 0. The number of hydrogen-bond donors (Lipinski definition) is 2. The minimum Gasteiger partial charge on any atom is -0.353 e. The zero-order chi connectivity index (χ0) is 10.6. The van der Waals surface area contributed by atoms with Gasteiger partial charge in [0.2, 0.25) is 5.91 Å². The van der Waals surface area contributed by atoms with Gasteiger partial charge >= 0.3 is 0 Å². The van der Waals surface area contributed by atoms with E-state index in [0.29, 0.717) is 6.04 Å². The fourth-order valence-corrected chi connectivity index (χ4v) is 1.50. The van der Waals surface area contributed by atoms with Crippen LogP contribution in [0.4, 0.5) is 0 Å². The largest absolute Gasteiger partial charge is 0.353 e. The predicted octanol–water partition coefficient (Wildman–Crippen LogP) is 1.19. The number of nitrogens with one attached hydrogen (secondary N) is 1. The predicted molar refractivity (Wildman–Crippen MR) is 57.7 cm³/mol. The average Bonchev–Trinajstić information content (AvgIpc) is 2.18. The first-order valence-corrected chi connectivity index (χ1v) is 5.32. The molecule has 0 aromatic heterocycles. The molecule has 0 aromatic rings. The van der Waals surface area contributed by atoms with Gasteiger partial charge in [0.1, 0.15) is 0 Å². The summed E-state index contributed by atoms with van der Waals surface area (Å²) < 4.78 is 0. The van der Waals surface area contributed by atoms with Crippen LogP contribution in [-0.4, -0.2) is 18.0 Å². The number of carbonyl (C=O) groups is 1. The fraction of sp³-hybridized carbons (Fsp3) is 0.727. The summed E-state index contributed by atoms with van der Waals surface area (Å²) in [6.07, 6.45) is 7.37. The van der Waals surface area contributed by atoms with Gasteiger partial charge in [-0.2, -0.15) is 0 Å². The minimum atomic E-state index is -0.0964. The van der Waals surface area contributed by atoms with Crippen molar-refractivity contribution < 1.29 is 4.79 Å². The van der Waals surface area contributed by atoms with Gasteiger partial charge in [-0.15, -0.1) is 0 Å². The number of amides is 1. The normalized spacial score (nSPS) is 25.5. The molecule has 3 nitrogen and oxygen atoms in total. The van der Waals surface area contributed by atoms with Crippen LogP contribution in [0, 0.1) is 5.92 Å². The third kappa shape index (κ3) is 3.14. The van der Waals surface area contributed by atoms with Crippen LogP contribution in [0.1, 0.15) is 33.1 Å². The van der Waals surface area contributed by atoms with Gasteiger partial charge in [-0.1, -0.05) is 19.1 Å². The summed E-state index contributed by atoms with van der Waals surface area (Å²) in [6, 6.07) is 0.239. The third-order valence-corrected chi connectivity index (χ3v) is 2.82. The Labute approximate surface area is 85.7 Å². The Kier molecular flexibility index (Phi) is 4.14. The molecule has 1 amide bonds. The van der Waals surface area contributed by atoms with E-state index in [-0.39, 0.29) is 17.9 Å². The second kappa shape index (κ2) is 5.15. The second-order valence-electron chi connectivity index (χ2n) is 4.14. The molecular weight excluding hydrogens is 176 g/mol. The van der Waals surface area contributed by atoms with Crippen molar-refractivity contribution in [2.24, 2.45) is 11.7 Å². The SMILES string of the molecule is CC(N)C(C)C(=O)NC1CC=CCC1. The molecule has 1 aliphatic rings. The van der Waals surface area contributed by atoms with Crippen LogP contribution in [0.25, 0.3) is 0 Å². The quantitative estimate of drug-likeness (QED) is 0.666. The molecule has 3 N–H and O–H groups in total. The first kappa shape index (κ1) is 11.2. The summed E-state index contributed by atoms with van der Waals surface area (Å²) >= 11 is 0. The lowest BCUT2D eigenvalue weighted by atomic mass is 9.99. The molecule has 3 heteroatoms. The Hall–Kier alpha value is -0.830. The van der Waals surface area contributed by atoms with Crippen LogP contribution < -0.4 is 11.1 Å². The number of carbonyl (C=O) groups excluding carboxylic acids is 1. The van der Waals surface area contributed by atoms with Gasteiger partial charge in [0.15, 0.2) is 0 Å². The Morgan fingerprint density at radius 2 is 2.21 bits per heavy atom. The molecule has 0 fully saturated rings. The first-order valence-electron chi connectivity index (χ1n) is 5.32. The maximum Gasteiger partial charge on any atom is 0.224 e. The van der Waals surface area contributed by atoms with Gasteiger partial charge in [0, 0.05) is 18.0 Å². The molecular formula is C11H20N2O. The molecule has 0 heterocycles. The zero-order valence-corrected chi connectivity index (χ0v) is 8.99. The van der Waals surface area contributed by atoms with Crippen LogP contribution in [0.2, 0.25) is 0 Å². The lowest BCUT2D eigenvalue weighted by Gasteiger charge is -2.23. The van der Waals surface area contributed by atoms with E-state index in [1.165, 1.54) is 0 Å². The van der Waals surface area contributed by atoms with Crippen LogP contribution in [0.15, 0.2) is 12.2 Å². The molecule has 3 unspecified atom stereocenters. The van der Waals surface area contributed by atoms with E-state index in [1.807, 2.05) is 13.8 Å². The lowest BCUT2D eigenvalue weighted by molar-refractivity contribution is -0.125. The van der Waals surface area contributed by atoms with Crippen molar-refractivity contribution in [1.29, 1.82) is 0 Å². The molecule has 80 valence electrons. The lowest BCUT2D eigenvalue weighted by Crippen LogP contribution is -2.43. The summed E-state index contributed by atoms with van der Waals surface area (Å²) in [5.41, 5.74) is 5.67. The molecule has 0 aliphatic heterocycles. The van der Waals surface area contributed by atoms with E-state index in [2.05, 4.69) is 17.5 Å². The van der Waals surface area contributed by atoms with Crippen molar-refractivity contribution in [2.75, 3.05) is 0 Å². The van der Waals surface area contributed by atoms with Crippen molar-refractivity contribution in [3.8, 4) is 0 Å². The average molecular weight is 196 g/mol. The van der Waals surface area contributed by atoms with Gasteiger partial charge in [-0.3, -0.25) is 4.79 Å². The van der Waals surface area contributed by atoms with Gasteiger partial charge in [0.05, 0.1) is 0 Å². The molecule has 3 atom stereocenters. The second-order valence-corrected chi connectivity index (χ2v) is 4.14. The molecule has 0 radical (unpaired) electrons. The molecule has 1 rings (SSSR count). The summed E-state index contributed by atoms with van der Waals surface area (Å²) in [4.78, 5) is 11.6. The number of rotatable bonds is 3. The van der Waals surface area contributed by atoms with Crippen LogP contribution in [-0.2, 0) is 4.79 Å². The maximum absolute atomic E-state index is 11.6. The zero-order valence-electron chi connectivity index (χ0n) is 8.99. The first-order chi connectivity index (χ1) is 6.61. The minimum absolute atomic E-state index is 0.0749. The van der Waals surface area contributed by atoms with Gasteiger partial charge < -0.3 is 11.1 Å². The Morgan fingerprint density at radius 3 is 2.71 bits per heavy atom. The third-order valence-electron chi connectivity index (χ3n) is 2.82. The molecule has 14 heavy (non-hydrogen) atoms. The Morgan fingerprint density at radius 1 is 1.50 bits per heavy atom. The molecule has 0 saturated carbocycles. The van der Waals surface area contributed by atoms with Crippen molar-refractivity contribution in [3.05, 3.63) is 12.2 Å². The summed E-state index contributed by atoms with van der Waals surface area (Å²) in [6.45, 7) is 3.74. The highest BCUT2D eigenvalue weighted by Crippen LogP contribution is 2.11. The Balaban J connectivity index is 2.36. The van der Waals surface area contributed by atoms with Crippen LogP contribution in [0.3, 0.4) is 0 Å². The van der Waals surface area contributed by atoms with Crippen molar-refractivity contribution in [3.63, 3.8) is 0 Å². The van der Waals surface area contributed by atoms with Crippen molar-refractivity contribution in [1.82, 2.24) is 5.32 Å². The van der Waals surface area contributed by atoms with Crippen molar-refractivity contribution >= 4 is 5.91 Å². The molecule has 0 saturated heterocycles. The molecule has 0 bridgehead atoms. The van der Waals surface area contributed by atoms with Gasteiger partial charge in [-0.25, -0.2) is 0 Å². The molecule has 0 spiro atoms. The summed E-state index contributed by atoms with van der Waals surface area (Å²) in [5, 5.41) is 3.03. The number of nitrogens with two attached hydrogens (primary N) is 1. The van der Waals surface area contributed by atoms with Crippen LogP contribution in [0.5, 0.6) is 0 Å². The van der Waals surface area contributed by atoms with E-state index in [0.717, 1.165) is 19.3 Å². The van der Waals surface area contributed by atoms with E-state index in [1.54, 1.807) is 0 Å². The summed E-state index contributed by atoms with van der Waals surface area (Å²) in [5.74, 6) is -0.0128. The maximum atomic E-state index is 11.6. The molecule has 1 aliphatic carbocycles. The van der Waals surface area contributed by atoms with Gasteiger partial charge in [-0.05, 0) is 26.2 Å². The van der Waals surface area contributed by atoms with Crippen LogP contribution >= 0.6 is 0 Å². The number of allylic oxidation sites excluding steroid dienone is 1. The smallest absolute Gasteiger partial charge is 0.224 e.